The van der Waals surface area contributed by atoms with Crippen LogP contribution in [-0.4, -0.2) is 22.1 Å². The molecule has 0 radical (unpaired) electrons. The van der Waals surface area contributed by atoms with E-state index in [0.717, 1.165) is 0 Å². The van der Waals surface area contributed by atoms with Gasteiger partial charge in [-0.15, -0.1) is 0 Å². The summed E-state index contributed by atoms with van der Waals surface area (Å²) < 4.78 is 1.21. The smallest absolute Gasteiger partial charge is 0.145 e. The summed E-state index contributed by atoms with van der Waals surface area (Å²) in [6.45, 7) is 0. The van der Waals surface area contributed by atoms with Crippen molar-refractivity contribution < 1.29 is 0 Å². The molecule has 0 aliphatic heterocycles. The number of aromatic nitrogens is 2. The lowest BCUT2D eigenvalue weighted by Gasteiger charge is -2.42. The number of hydrogen-bond acceptors (Lipinski definition) is 3. The van der Waals surface area contributed by atoms with Gasteiger partial charge in [-0.05, 0) is 48.3 Å². The fourth-order valence-corrected chi connectivity index (χ4v) is 4.44. The van der Waals surface area contributed by atoms with Crippen molar-refractivity contribution in [2.75, 3.05) is 4.90 Å². The molecule has 1 aromatic rings. The minimum atomic E-state index is 0.704. The molecule has 0 aromatic carbocycles. The minimum absolute atomic E-state index is 0.704. The molecule has 110 valence electrons. The molecule has 0 bridgehead atoms. The monoisotopic (exact) mass is 385 g/mol. The molecular weight excluding hydrogens is 361 g/mol. The van der Waals surface area contributed by atoms with E-state index < -0.39 is 0 Å². The molecule has 2 aliphatic rings. The maximum Gasteiger partial charge on any atom is 0.145 e. The van der Waals surface area contributed by atoms with Gasteiger partial charge >= 0.3 is 0 Å². The molecule has 2 aliphatic carbocycles. The van der Waals surface area contributed by atoms with Gasteiger partial charge in [0.2, 0.25) is 0 Å². The molecule has 1 aromatic heterocycles. The van der Waals surface area contributed by atoms with Crippen LogP contribution in [0.15, 0.2) is 12.5 Å². The number of halogens is 1. The topological polar surface area (TPSA) is 29.0 Å². The van der Waals surface area contributed by atoms with Gasteiger partial charge in [-0.2, -0.15) is 0 Å². The largest absolute Gasteiger partial charge is 0.350 e. The van der Waals surface area contributed by atoms with Crippen LogP contribution >= 0.6 is 22.6 Å². The molecule has 0 saturated heterocycles. The molecule has 3 nitrogen and oxygen atoms in total. The van der Waals surface area contributed by atoms with E-state index in [2.05, 4.69) is 37.5 Å². The summed E-state index contributed by atoms with van der Waals surface area (Å²) in [4.78, 5) is 11.5. The lowest BCUT2D eigenvalue weighted by molar-refractivity contribution is 0.337. The Labute approximate surface area is 135 Å². The second kappa shape index (κ2) is 7.05. The van der Waals surface area contributed by atoms with Gasteiger partial charge < -0.3 is 4.90 Å². The van der Waals surface area contributed by atoms with Gasteiger partial charge in [0.1, 0.15) is 12.1 Å². The highest BCUT2D eigenvalue weighted by atomic mass is 127. The van der Waals surface area contributed by atoms with Crippen molar-refractivity contribution in [2.24, 2.45) is 0 Å². The predicted octanol–water partition coefficient (Wildman–Crippen LogP) is 4.55. The first kappa shape index (κ1) is 14.5. The molecule has 0 unspecified atom stereocenters. The Bertz CT molecular complexity index is 407. The van der Waals surface area contributed by atoms with Crippen LogP contribution in [-0.2, 0) is 0 Å². The van der Waals surface area contributed by atoms with E-state index in [1.807, 2.05) is 6.20 Å². The molecule has 2 fully saturated rings. The number of anilines is 1. The van der Waals surface area contributed by atoms with Crippen molar-refractivity contribution in [3.05, 3.63) is 16.1 Å². The third kappa shape index (κ3) is 3.26. The van der Waals surface area contributed by atoms with E-state index in [9.17, 15) is 0 Å². The van der Waals surface area contributed by atoms with Crippen LogP contribution in [0.25, 0.3) is 0 Å². The zero-order chi connectivity index (χ0) is 13.8. The molecule has 0 spiro atoms. The van der Waals surface area contributed by atoms with Crippen LogP contribution in [0.5, 0.6) is 0 Å². The van der Waals surface area contributed by atoms with Crippen molar-refractivity contribution in [2.45, 2.75) is 76.3 Å². The summed E-state index contributed by atoms with van der Waals surface area (Å²) in [6, 6.07) is 1.41. The molecule has 0 amide bonds. The summed E-state index contributed by atoms with van der Waals surface area (Å²) in [5.41, 5.74) is 0. The Morgan fingerprint density at radius 3 is 1.95 bits per heavy atom. The van der Waals surface area contributed by atoms with Crippen molar-refractivity contribution >= 4 is 28.4 Å². The lowest BCUT2D eigenvalue weighted by Crippen LogP contribution is -2.46. The first-order valence-electron chi connectivity index (χ1n) is 8.10. The fourth-order valence-electron chi connectivity index (χ4n) is 3.86. The van der Waals surface area contributed by atoms with Crippen LogP contribution in [0.1, 0.15) is 64.2 Å². The van der Waals surface area contributed by atoms with Gasteiger partial charge in [-0.25, -0.2) is 9.97 Å². The van der Waals surface area contributed by atoms with E-state index in [4.69, 9.17) is 0 Å². The highest BCUT2D eigenvalue weighted by Crippen LogP contribution is 2.34. The quantitative estimate of drug-likeness (QED) is 0.715. The van der Waals surface area contributed by atoms with Gasteiger partial charge in [0.25, 0.3) is 0 Å². The predicted molar refractivity (Wildman–Crippen MR) is 91.0 cm³/mol. The summed E-state index contributed by atoms with van der Waals surface area (Å²) in [6.07, 6.45) is 17.4. The first-order valence-corrected chi connectivity index (χ1v) is 9.18. The lowest BCUT2D eigenvalue weighted by atomic mass is 9.88. The second-order valence-corrected chi connectivity index (χ2v) is 7.35. The Balaban J connectivity index is 1.87. The van der Waals surface area contributed by atoms with Gasteiger partial charge in [0.15, 0.2) is 0 Å². The van der Waals surface area contributed by atoms with Gasteiger partial charge in [-0.3, -0.25) is 0 Å². The van der Waals surface area contributed by atoms with Crippen LogP contribution in [0.3, 0.4) is 0 Å². The van der Waals surface area contributed by atoms with Crippen molar-refractivity contribution in [3.63, 3.8) is 0 Å². The fraction of sp³-hybridized carbons (Fsp3) is 0.750. The standard InChI is InChI=1S/C16H24IN3/c17-15-11-18-12-19-16(15)20(13-7-3-1-4-8-13)14-9-5-2-6-10-14/h11-14H,1-10H2. The van der Waals surface area contributed by atoms with E-state index in [1.54, 1.807) is 6.33 Å². The maximum absolute atomic E-state index is 4.64. The van der Waals surface area contributed by atoms with Crippen LogP contribution in [0.4, 0.5) is 5.82 Å². The van der Waals surface area contributed by atoms with Crippen molar-refractivity contribution in [1.82, 2.24) is 9.97 Å². The third-order valence-electron chi connectivity index (χ3n) is 4.83. The third-order valence-corrected chi connectivity index (χ3v) is 5.59. The molecule has 4 heteroatoms. The Kier molecular flexibility index (Phi) is 5.13. The Morgan fingerprint density at radius 2 is 1.45 bits per heavy atom. The summed E-state index contributed by atoms with van der Waals surface area (Å²) in [7, 11) is 0. The average Bonchev–Trinajstić information content (AvgIpc) is 2.52. The van der Waals surface area contributed by atoms with E-state index in [-0.39, 0.29) is 0 Å². The van der Waals surface area contributed by atoms with E-state index >= 15 is 0 Å². The Morgan fingerprint density at radius 1 is 0.900 bits per heavy atom. The molecular formula is C16H24IN3. The SMILES string of the molecule is Ic1cncnc1N(C1CCCCC1)C1CCCCC1. The van der Waals surface area contributed by atoms with Crippen LogP contribution < -0.4 is 4.90 Å². The maximum atomic E-state index is 4.64. The Hall–Kier alpha value is -0.390. The summed E-state index contributed by atoms with van der Waals surface area (Å²) in [5, 5.41) is 0. The van der Waals surface area contributed by atoms with Crippen molar-refractivity contribution in [3.8, 4) is 0 Å². The van der Waals surface area contributed by atoms with Crippen LogP contribution in [0.2, 0.25) is 0 Å². The van der Waals surface area contributed by atoms with Gasteiger partial charge in [0, 0.05) is 18.3 Å². The molecule has 2 saturated carbocycles. The number of hydrogen-bond donors (Lipinski definition) is 0. The van der Waals surface area contributed by atoms with Crippen LogP contribution in [0, 0.1) is 3.57 Å². The zero-order valence-electron chi connectivity index (χ0n) is 12.1. The summed E-state index contributed by atoms with van der Waals surface area (Å²) in [5.74, 6) is 1.19. The highest BCUT2D eigenvalue weighted by molar-refractivity contribution is 14.1. The zero-order valence-corrected chi connectivity index (χ0v) is 14.3. The molecule has 0 atom stereocenters. The molecule has 20 heavy (non-hydrogen) atoms. The van der Waals surface area contributed by atoms with E-state index in [1.165, 1.54) is 73.6 Å². The second-order valence-electron chi connectivity index (χ2n) is 6.19. The molecule has 3 rings (SSSR count). The normalized spacial score (nSPS) is 21.9. The van der Waals surface area contributed by atoms with Gasteiger partial charge in [-0.1, -0.05) is 38.5 Å². The molecule has 1 heterocycles. The van der Waals surface area contributed by atoms with E-state index in [0.29, 0.717) is 12.1 Å². The first-order chi connectivity index (χ1) is 9.86. The number of rotatable bonds is 3. The average molecular weight is 385 g/mol. The molecule has 0 N–H and O–H groups in total. The van der Waals surface area contributed by atoms with Gasteiger partial charge in [0.05, 0.1) is 3.57 Å². The summed E-state index contributed by atoms with van der Waals surface area (Å²) >= 11 is 2.40. The highest BCUT2D eigenvalue weighted by Gasteiger charge is 2.30. The van der Waals surface area contributed by atoms with Crippen molar-refractivity contribution in [1.29, 1.82) is 0 Å². The number of nitrogens with zero attached hydrogens (tertiary/aromatic N) is 3. The minimum Gasteiger partial charge on any atom is -0.350 e.